The molecule has 0 atom stereocenters. The Labute approximate surface area is 77.5 Å². The minimum Gasteiger partial charge on any atom is -0.394 e. The Kier molecular flexibility index (Phi) is 6.71. The molecule has 0 spiro atoms. The molecule has 0 N–H and O–H groups in total. The van der Waals surface area contributed by atoms with Crippen LogP contribution in [0.15, 0.2) is 0 Å². The second-order valence-corrected chi connectivity index (χ2v) is 5.84. The van der Waals surface area contributed by atoms with Gasteiger partial charge in [-0.15, -0.1) is 0 Å². The predicted molar refractivity (Wildman–Crippen MR) is 53.8 cm³/mol. The van der Waals surface area contributed by atoms with Gasteiger partial charge in [-0.3, -0.25) is 0 Å². The van der Waals surface area contributed by atoms with Gasteiger partial charge in [0, 0.05) is 19.3 Å². The van der Waals surface area contributed by atoms with Crippen molar-refractivity contribution in [2.75, 3.05) is 13.2 Å². The fraction of sp³-hybridized carbons (Fsp3) is 0.778. The third-order valence-corrected chi connectivity index (χ3v) is 5.18. The van der Waals surface area contributed by atoms with Crippen LogP contribution in [0.5, 0.6) is 0 Å². The highest BCUT2D eigenvalue weighted by atomic mass is 28.4. The summed E-state index contributed by atoms with van der Waals surface area (Å²) in [4.78, 5) is 0. The molecule has 0 saturated heterocycles. The first-order valence-corrected chi connectivity index (χ1v) is 6.76. The minimum atomic E-state index is -1.96. The summed E-state index contributed by atoms with van der Waals surface area (Å²) in [5.74, 6) is 0. The predicted octanol–water partition coefficient (Wildman–Crippen LogP) is 2.49. The molecule has 0 saturated carbocycles. The highest BCUT2D eigenvalue weighted by Gasteiger charge is 2.33. The van der Waals surface area contributed by atoms with Gasteiger partial charge in [-0.05, 0) is 26.3 Å². The van der Waals surface area contributed by atoms with Crippen molar-refractivity contribution in [2.45, 2.75) is 33.2 Å². The third-order valence-electron chi connectivity index (χ3n) is 1.73. The lowest BCUT2D eigenvalue weighted by molar-refractivity contribution is 0.190. The Morgan fingerprint density at radius 2 is 1.67 bits per heavy atom. The molecule has 0 aromatic carbocycles. The monoisotopic (exact) mass is 188 g/mol. The van der Waals surface area contributed by atoms with Crippen molar-refractivity contribution in [1.29, 1.82) is 0 Å². The van der Waals surface area contributed by atoms with E-state index in [-0.39, 0.29) is 0 Å². The van der Waals surface area contributed by atoms with Crippen LogP contribution in [0.2, 0.25) is 6.04 Å². The largest absolute Gasteiger partial charge is 0.394 e. The molecular weight excluding hydrogens is 168 g/mol. The van der Waals surface area contributed by atoms with E-state index in [9.17, 15) is 0 Å². The molecule has 0 bridgehead atoms. The van der Waals surface area contributed by atoms with E-state index in [0.29, 0.717) is 0 Å². The van der Waals surface area contributed by atoms with E-state index in [2.05, 4.69) is 19.9 Å². The average molecular weight is 188 g/mol. The van der Waals surface area contributed by atoms with Crippen LogP contribution in [0.25, 0.3) is 0 Å². The van der Waals surface area contributed by atoms with Gasteiger partial charge < -0.3 is 8.85 Å². The Hall–Kier alpha value is 0.137. The van der Waals surface area contributed by atoms with Crippen LogP contribution in [0.3, 0.4) is 0 Å². The van der Waals surface area contributed by atoms with E-state index in [1.165, 1.54) is 0 Å². The van der Waals surface area contributed by atoms with Crippen molar-refractivity contribution in [3.05, 3.63) is 13.0 Å². The van der Waals surface area contributed by atoms with Gasteiger partial charge in [-0.2, -0.15) is 0 Å². The van der Waals surface area contributed by atoms with Gasteiger partial charge in [0.15, 0.2) is 0 Å². The maximum Gasteiger partial charge on any atom is 0.341 e. The molecule has 0 unspecified atom stereocenters. The highest BCUT2D eigenvalue weighted by Crippen LogP contribution is 2.18. The molecule has 0 aliphatic carbocycles. The normalized spacial score (nSPS) is 12.0. The zero-order valence-corrected chi connectivity index (χ0v) is 9.43. The van der Waals surface area contributed by atoms with Gasteiger partial charge in [0.2, 0.25) is 0 Å². The quantitative estimate of drug-likeness (QED) is 0.571. The smallest absolute Gasteiger partial charge is 0.341 e. The van der Waals surface area contributed by atoms with Gasteiger partial charge in [0.1, 0.15) is 0 Å². The lowest BCUT2D eigenvalue weighted by atomic mass is 10.6. The molecule has 3 heteroatoms. The number of rotatable bonds is 7. The minimum absolute atomic E-state index is 0.733. The zero-order valence-electron chi connectivity index (χ0n) is 8.43. The van der Waals surface area contributed by atoms with Gasteiger partial charge >= 0.3 is 8.56 Å². The SMILES string of the molecule is [CH2]C[CH][Si](CC)(OCC)OCC. The number of hydrogen-bond acceptors (Lipinski definition) is 2. The second kappa shape index (κ2) is 6.63. The van der Waals surface area contributed by atoms with E-state index >= 15 is 0 Å². The van der Waals surface area contributed by atoms with Crippen LogP contribution in [-0.2, 0) is 8.85 Å². The maximum atomic E-state index is 5.68. The van der Waals surface area contributed by atoms with Crippen molar-refractivity contribution in [3.63, 3.8) is 0 Å². The molecule has 0 fully saturated rings. The average Bonchev–Trinajstić information content (AvgIpc) is 2.06. The molecule has 0 amide bonds. The zero-order chi connectivity index (χ0) is 9.45. The van der Waals surface area contributed by atoms with E-state index in [1.807, 2.05) is 13.8 Å². The summed E-state index contributed by atoms with van der Waals surface area (Å²) in [6.45, 7) is 11.4. The summed E-state index contributed by atoms with van der Waals surface area (Å²) in [6.07, 6.45) is 0.792. The first-order valence-electron chi connectivity index (χ1n) is 4.66. The summed E-state index contributed by atoms with van der Waals surface area (Å²) in [6, 6.07) is 3.10. The second-order valence-electron chi connectivity index (χ2n) is 2.52. The van der Waals surface area contributed by atoms with Crippen LogP contribution < -0.4 is 0 Å². The molecule has 0 aromatic heterocycles. The van der Waals surface area contributed by atoms with E-state index in [0.717, 1.165) is 25.7 Å². The molecule has 12 heavy (non-hydrogen) atoms. The summed E-state index contributed by atoms with van der Waals surface area (Å²) in [7, 11) is -1.96. The van der Waals surface area contributed by atoms with Gasteiger partial charge in [-0.25, -0.2) is 0 Å². The lowest BCUT2D eigenvalue weighted by Crippen LogP contribution is -2.42. The Morgan fingerprint density at radius 3 is 1.92 bits per heavy atom. The van der Waals surface area contributed by atoms with Crippen LogP contribution in [-0.4, -0.2) is 21.8 Å². The standard InChI is InChI=1S/C9H20O2Si/c1-5-9-12(8-4,10-6-2)11-7-3/h9H,1,5-8H2,2-4H3. The first kappa shape index (κ1) is 12.1. The number of hydrogen-bond donors (Lipinski definition) is 0. The van der Waals surface area contributed by atoms with E-state index in [4.69, 9.17) is 8.85 Å². The maximum absolute atomic E-state index is 5.68. The van der Waals surface area contributed by atoms with Crippen LogP contribution >= 0.6 is 0 Å². The first-order chi connectivity index (χ1) is 5.74. The molecule has 2 nitrogen and oxygen atoms in total. The summed E-state index contributed by atoms with van der Waals surface area (Å²) >= 11 is 0. The van der Waals surface area contributed by atoms with Crippen LogP contribution in [0.4, 0.5) is 0 Å². The van der Waals surface area contributed by atoms with Crippen molar-refractivity contribution < 1.29 is 8.85 Å². The van der Waals surface area contributed by atoms with Crippen molar-refractivity contribution >= 4 is 8.56 Å². The topological polar surface area (TPSA) is 18.5 Å². The summed E-state index contributed by atoms with van der Waals surface area (Å²) < 4.78 is 11.4. The Morgan fingerprint density at radius 1 is 1.17 bits per heavy atom. The van der Waals surface area contributed by atoms with Gasteiger partial charge in [0.25, 0.3) is 0 Å². The summed E-state index contributed by atoms with van der Waals surface area (Å²) in [5, 5.41) is 0. The van der Waals surface area contributed by atoms with Gasteiger partial charge in [0.05, 0.1) is 0 Å². The van der Waals surface area contributed by atoms with E-state index < -0.39 is 8.56 Å². The Bertz CT molecular complexity index is 89.7. The fourth-order valence-corrected chi connectivity index (χ4v) is 3.65. The third kappa shape index (κ3) is 3.69. The fourth-order valence-electron chi connectivity index (χ4n) is 1.22. The lowest BCUT2D eigenvalue weighted by Gasteiger charge is -2.28. The molecule has 0 rings (SSSR count). The molecule has 72 valence electrons. The van der Waals surface area contributed by atoms with Crippen molar-refractivity contribution in [3.8, 4) is 0 Å². The Balaban J connectivity index is 4.06. The highest BCUT2D eigenvalue weighted by molar-refractivity contribution is 6.71. The molecule has 0 heterocycles. The molecular formula is C9H20O2Si. The van der Waals surface area contributed by atoms with Gasteiger partial charge in [-0.1, -0.05) is 13.8 Å². The van der Waals surface area contributed by atoms with Crippen LogP contribution in [0.1, 0.15) is 27.2 Å². The van der Waals surface area contributed by atoms with Crippen molar-refractivity contribution in [2.24, 2.45) is 0 Å². The molecule has 2 radical (unpaired) electrons. The molecule has 0 aliphatic rings. The van der Waals surface area contributed by atoms with Crippen molar-refractivity contribution in [1.82, 2.24) is 0 Å². The molecule has 0 aliphatic heterocycles. The summed E-state index contributed by atoms with van der Waals surface area (Å²) in [5.41, 5.74) is 0. The van der Waals surface area contributed by atoms with Crippen LogP contribution in [0, 0.1) is 13.0 Å². The van der Waals surface area contributed by atoms with E-state index in [1.54, 1.807) is 0 Å². The molecule has 0 aromatic rings.